The number of pyridine rings is 1. The van der Waals surface area contributed by atoms with Crippen molar-refractivity contribution in [2.75, 3.05) is 32.8 Å². The van der Waals surface area contributed by atoms with Crippen molar-refractivity contribution in [1.82, 2.24) is 20.1 Å². The maximum absolute atomic E-state index is 15.8. The van der Waals surface area contributed by atoms with E-state index in [0.29, 0.717) is 54.1 Å². The summed E-state index contributed by atoms with van der Waals surface area (Å²) in [5.74, 6) is -4.23. The number of amides is 2. The summed E-state index contributed by atoms with van der Waals surface area (Å²) in [5.41, 5.74) is 0.0452. The first kappa shape index (κ1) is 41.5. The third-order valence-electron chi connectivity index (χ3n) is 9.14. The van der Waals surface area contributed by atoms with Crippen LogP contribution in [0.5, 0.6) is 0 Å². The topological polar surface area (TPSA) is 130 Å². The molecule has 2 amide bonds. The molecule has 10 nitrogen and oxygen atoms in total. The summed E-state index contributed by atoms with van der Waals surface area (Å²) in [4.78, 5) is 54.9. The van der Waals surface area contributed by atoms with Crippen LogP contribution >= 0.6 is 11.6 Å². The second-order valence-electron chi connectivity index (χ2n) is 13.8. The van der Waals surface area contributed by atoms with Gasteiger partial charge in [-0.2, -0.15) is 13.2 Å². The Hall–Kier alpha value is -4.27. The lowest BCUT2D eigenvalue weighted by atomic mass is 9.90. The van der Waals surface area contributed by atoms with Crippen molar-refractivity contribution in [2.24, 2.45) is 5.92 Å². The first-order valence-corrected chi connectivity index (χ1v) is 17.8. The van der Waals surface area contributed by atoms with Crippen molar-refractivity contribution in [2.45, 2.75) is 78.7 Å². The van der Waals surface area contributed by atoms with Gasteiger partial charge in [0.1, 0.15) is 23.1 Å². The number of aromatic nitrogens is 1. The van der Waals surface area contributed by atoms with Crippen molar-refractivity contribution in [1.29, 1.82) is 0 Å². The number of carboxylic acid groups (broad SMARTS) is 1. The number of carbonyl (C=O) groups is 3. The summed E-state index contributed by atoms with van der Waals surface area (Å²) < 4.78 is 63.5. The highest BCUT2D eigenvalue weighted by molar-refractivity contribution is 6.30. The second kappa shape index (κ2) is 17.7. The molecule has 2 aromatic carbocycles. The number of halogens is 5. The fourth-order valence-electron chi connectivity index (χ4n) is 6.68. The number of carbonyl (C=O) groups excluding carboxylic acids is 2. The monoisotopic (exact) mass is 764 g/mol. The zero-order valence-electron chi connectivity index (χ0n) is 30.3. The zero-order valence-corrected chi connectivity index (χ0v) is 31.1. The first-order valence-electron chi connectivity index (χ1n) is 17.4. The summed E-state index contributed by atoms with van der Waals surface area (Å²) in [7, 11) is 0. The maximum atomic E-state index is 15.8. The zero-order chi connectivity index (χ0) is 39.2. The molecule has 1 aliphatic rings. The number of morpholine rings is 1. The molecule has 2 heterocycles. The van der Waals surface area contributed by atoms with Crippen molar-refractivity contribution in [3.63, 3.8) is 0 Å². The van der Waals surface area contributed by atoms with Gasteiger partial charge in [-0.3, -0.25) is 24.1 Å². The fraction of sp³-hybridized carbons (Fsp3) is 0.474. The summed E-state index contributed by atoms with van der Waals surface area (Å²) in [6, 6.07) is 5.27. The molecule has 288 valence electrons. The average Bonchev–Trinajstić information content (AvgIpc) is 3.05. The first-order chi connectivity index (χ1) is 24.9. The van der Waals surface area contributed by atoms with Crippen LogP contribution in [0.15, 0.2) is 41.2 Å². The molecule has 3 aromatic rings. The molecule has 15 heteroatoms. The largest absolute Gasteiger partial charge is 0.481 e. The number of aryl methyl sites for hydroxylation is 3. The molecule has 0 saturated carbocycles. The van der Waals surface area contributed by atoms with E-state index < -0.39 is 65.1 Å². The van der Waals surface area contributed by atoms with Crippen molar-refractivity contribution >= 4 is 29.4 Å². The number of carboxylic acids is 1. The van der Waals surface area contributed by atoms with Crippen LogP contribution in [0.2, 0.25) is 5.02 Å². The number of hydrogen-bond acceptors (Lipinski definition) is 6. The van der Waals surface area contributed by atoms with Crippen LogP contribution < -0.4 is 16.2 Å². The predicted octanol–water partition coefficient (Wildman–Crippen LogP) is 6.45. The Labute approximate surface area is 310 Å². The summed E-state index contributed by atoms with van der Waals surface area (Å²) >= 11 is 6.22. The molecule has 2 atom stereocenters. The highest BCUT2D eigenvalue weighted by Crippen LogP contribution is 2.35. The van der Waals surface area contributed by atoms with Crippen LogP contribution in [0, 0.1) is 32.5 Å². The van der Waals surface area contributed by atoms with Crippen LogP contribution in [-0.4, -0.2) is 71.2 Å². The van der Waals surface area contributed by atoms with Gasteiger partial charge in [-0.05, 0) is 104 Å². The molecule has 0 spiro atoms. The van der Waals surface area contributed by atoms with Gasteiger partial charge in [-0.25, -0.2) is 4.39 Å². The molecule has 1 aliphatic heterocycles. The molecule has 4 rings (SSSR count). The molecule has 0 radical (unpaired) electrons. The highest BCUT2D eigenvalue weighted by atomic mass is 35.5. The Bertz CT molecular complexity index is 1870. The van der Waals surface area contributed by atoms with Crippen LogP contribution in [0.1, 0.15) is 77.5 Å². The number of rotatable bonds is 14. The van der Waals surface area contributed by atoms with Crippen molar-refractivity contribution in [3.05, 3.63) is 91.1 Å². The van der Waals surface area contributed by atoms with Gasteiger partial charge in [0.05, 0.1) is 25.7 Å². The molecule has 1 aromatic heterocycles. The quantitative estimate of drug-likeness (QED) is 0.161. The van der Waals surface area contributed by atoms with Gasteiger partial charge >= 0.3 is 12.1 Å². The van der Waals surface area contributed by atoms with Gasteiger partial charge in [-0.15, -0.1) is 0 Å². The Balaban J connectivity index is 1.64. The van der Waals surface area contributed by atoms with Gasteiger partial charge in [0.25, 0.3) is 11.5 Å². The number of hydrogen-bond donors (Lipinski definition) is 3. The summed E-state index contributed by atoms with van der Waals surface area (Å²) in [6.07, 6.45) is -5.37. The minimum atomic E-state index is -4.87. The minimum absolute atomic E-state index is 0.0104. The third kappa shape index (κ3) is 10.7. The van der Waals surface area contributed by atoms with Gasteiger partial charge in [0, 0.05) is 36.8 Å². The summed E-state index contributed by atoms with van der Waals surface area (Å²) in [6.45, 7) is 11.0. The SMILES string of the molecule is Cc1cc(-c2c(C)cc(Cl)cc2C)cc([C@H](CC(=O)O)NC(=O)[C@H](CC(C)C)NC(=O)c2ccc(C(F)(F)F)n(CCCN3CCOCC3)c2=O)c1F. The fourth-order valence-corrected chi connectivity index (χ4v) is 7.01. The number of nitrogens with one attached hydrogen (secondary N) is 2. The second-order valence-corrected chi connectivity index (χ2v) is 14.3. The van der Waals surface area contributed by atoms with Gasteiger partial charge in [0.15, 0.2) is 0 Å². The molecule has 1 fully saturated rings. The number of aliphatic carboxylic acids is 1. The van der Waals surface area contributed by atoms with E-state index in [1.807, 2.05) is 18.7 Å². The molecule has 1 saturated heterocycles. The van der Waals surface area contributed by atoms with Crippen LogP contribution in [0.3, 0.4) is 0 Å². The smallest absolute Gasteiger partial charge is 0.431 e. The van der Waals surface area contributed by atoms with Crippen LogP contribution in [-0.2, 0) is 27.0 Å². The van der Waals surface area contributed by atoms with E-state index in [0.717, 1.165) is 22.8 Å². The van der Waals surface area contributed by atoms with Gasteiger partial charge in [-0.1, -0.05) is 25.4 Å². The number of nitrogens with zero attached hydrogens (tertiary/aromatic N) is 2. The molecular formula is C38H45ClF4N4O6. The van der Waals surface area contributed by atoms with E-state index in [1.54, 1.807) is 32.0 Å². The molecule has 0 bridgehead atoms. The number of alkyl halides is 3. The van der Waals surface area contributed by atoms with Crippen LogP contribution in [0.4, 0.5) is 17.6 Å². The summed E-state index contributed by atoms with van der Waals surface area (Å²) in [5, 5.41) is 15.4. The van der Waals surface area contributed by atoms with Crippen LogP contribution in [0.25, 0.3) is 11.1 Å². The van der Waals surface area contributed by atoms with E-state index in [1.165, 1.54) is 13.0 Å². The predicted molar refractivity (Wildman–Crippen MR) is 192 cm³/mol. The normalized spacial score (nSPS) is 14.9. The average molecular weight is 765 g/mol. The lowest BCUT2D eigenvalue weighted by Gasteiger charge is -2.27. The molecule has 3 N–H and O–H groups in total. The Morgan fingerprint density at radius 1 is 0.962 bits per heavy atom. The van der Waals surface area contributed by atoms with E-state index in [2.05, 4.69) is 10.6 Å². The van der Waals surface area contributed by atoms with Gasteiger partial charge in [0.2, 0.25) is 5.91 Å². The molecule has 53 heavy (non-hydrogen) atoms. The Morgan fingerprint density at radius 2 is 1.60 bits per heavy atom. The lowest BCUT2D eigenvalue weighted by Crippen LogP contribution is -2.49. The maximum Gasteiger partial charge on any atom is 0.431 e. The lowest BCUT2D eigenvalue weighted by molar-refractivity contribution is -0.144. The number of ether oxygens (including phenoxy) is 1. The minimum Gasteiger partial charge on any atom is -0.481 e. The van der Waals surface area contributed by atoms with E-state index in [-0.39, 0.29) is 36.4 Å². The Kier molecular flexibility index (Phi) is 13.9. The Morgan fingerprint density at radius 3 is 2.19 bits per heavy atom. The highest BCUT2D eigenvalue weighted by Gasteiger charge is 2.36. The van der Waals surface area contributed by atoms with Gasteiger partial charge < -0.3 is 25.0 Å². The van der Waals surface area contributed by atoms with E-state index in [4.69, 9.17) is 16.3 Å². The van der Waals surface area contributed by atoms with Crippen molar-refractivity contribution < 1.29 is 41.8 Å². The standard InChI is InChI=1S/C38H45ClF4N4O6/c1-21(2)15-30(45-35(50)27-7-8-31(38(41,42)43)47(37(27)52)10-6-9-46-11-13-53-14-12-46)36(51)44-29(20-32(48)49)28-19-25(16-24(5)34(28)40)33-22(3)17-26(39)18-23(33)4/h7-8,16-19,21,29-30H,6,9-15,20H2,1-5H3,(H,44,51)(H,45,50)(H,48,49)/t29-,30-/m0/s1. The number of benzene rings is 2. The van der Waals surface area contributed by atoms with E-state index in [9.17, 15) is 37.5 Å². The van der Waals surface area contributed by atoms with E-state index >= 15 is 4.39 Å². The molecular weight excluding hydrogens is 720 g/mol. The van der Waals surface area contributed by atoms with Crippen molar-refractivity contribution in [3.8, 4) is 11.1 Å². The molecule has 0 aliphatic carbocycles. The third-order valence-corrected chi connectivity index (χ3v) is 9.36. The molecule has 0 unspecified atom stereocenters.